The van der Waals surface area contributed by atoms with Crippen molar-refractivity contribution in [1.29, 1.82) is 0 Å². The molecule has 0 atom stereocenters. The molecule has 0 amide bonds. The quantitative estimate of drug-likeness (QED) is 0.740. The maximum atomic E-state index is 14.7. The van der Waals surface area contributed by atoms with Gasteiger partial charge in [-0.05, 0) is 61.8 Å². The summed E-state index contributed by atoms with van der Waals surface area (Å²) < 4.78 is 29.3. The summed E-state index contributed by atoms with van der Waals surface area (Å²) in [6.07, 6.45) is 9.82. The summed E-state index contributed by atoms with van der Waals surface area (Å²) in [4.78, 5) is 0. The number of phenolic OH excluding ortho intramolecular Hbond substituents is 1. The lowest BCUT2D eigenvalue weighted by Crippen LogP contribution is -2.32. The van der Waals surface area contributed by atoms with Crippen molar-refractivity contribution in [2.45, 2.75) is 63.7 Å². The first-order chi connectivity index (χ1) is 10.6. The number of alkyl halides is 2. The molecule has 0 heterocycles. The molecule has 3 rings (SSSR count). The van der Waals surface area contributed by atoms with E-state index in [9.17, 15) is 13.9 Å². The zero-order valence-corrected chi connectivity index (χ0v) is 13.1. The van der Waals surface area contributed by atoms with E-state index in [1.54, 1.807) is 0 Å². The van der Waals surface area contributed by atoms with Gasteiger partial charge in [-0.15, -0.1) is 0 Å². The van der Waals surface area contributed by atoms with Gasteiger partial charge in [-0.1, -0.05) is 32.1 Å². The standard InChI is InChI=1S/C19H26F2O/c20-19(21,17-10-12-18(22)13-11-17)16-8-6-15(7-9-16)14-4-2-1-3-5-14/h10-16,22H,1-9H2. The molecule has 0 radical (unpaired) electrons. The van der Waals surface area contributed by atoms with Crippen LogP contribution in [0.2, 0.25) is 0 Å². The Labute approximate surface area is 131 Å². The van der Waals surface area contributed by atoms with Gasteiger partial charge < -0.3 is 5.11 Å². The molecule has 2 fully saturated rings. The van der Waals surface area contributed by atoms with E-state index in [-0.39, 0.29) is 11.3 Å². The topological polar surface area (TPSA) is 20.2 Å². The van der Waals surface area contributed by atoms with Gasteiger partial charge in [0.1, 0.15) is 5.75 Å². The maximum Gasteiger partial charge on any atom is 0.276 e. The van der Waals surface area contributed by atoms with Crippen molar-refractivity contribution >= 4 is 0 Å². The number of aromatic hydroxyl groups is 1. The van der Waals surface area contributed by atoms with Crippen LogP contribution >= 0.6 is 0 Å². The van der Waals surface area contributed by atoms with Gasteiger partial charge in [0.05, 0.1) is 0 Å². The predicted octanol–water partition coefficient (Wildman–Crippen LogP) is 5.87. The molecule has 2 aliphatic rings. The largest absolute Gasteiger partial charge is 0.508 e. The third-order valence-electron chi connectivity index (χ3n) is 5.85. The Morgan fingerprint density at radius 1 is 0.773 bits per heavy atom. The zero-order valence-electron chi connectivity index (χ0n) is 13.1. The molecule has 1 aromatic carbocycles. The Morgan fingerprint density at radius 2 is 1.32 bits per heavy atom. The second-order valence-electron chi connectivity index (χ2n) is 7.18. The minimum Gasteiger partial charge on any atom is -0.508 e. The first-order valence-electron chi connectivity index (χ1n) is 8.74. The first-order valence-corrected chi connectivity index (χ1v) is 8.74. The lowest BCUT2D eigenvalue weighted by molar-refractivity contribution is -0.0851. The second-order valence-corrected chi connectivity index (χ2v) is 7.18. The minimum absolute atomic E-state index is 0.0422. The van der Waals surface area contributed by atoms with Crippen molar-refractivity contribution < 1.29 is 13.9 Å². The fourth-order valence-corrected chi connectivity index (χ4v) is 4.48. The lowest BCUT2D eigenvalue weighted by Gasteiger charge is -2.38. The molecule has 22 heavy (non-hydrogen) atoms. The summed E-state index contributed by atoms with van der Waals surface area (Å²) in [5, 5.41) is 9.27. The highest BCUT2D eigenvalue weighted by molar-refractivity contribution is 5.29. The highest BCUT2D eigenvalue weighted by Gasteiger charge is 2.43. The summed E-state index contributed by atoms with van der Waals surface area (Å²) in [6, 6.07) is 5.44. The molecule has 0 unspecified atom stereocenters. The predicted molar refractivity (Wildman–Crippen MR) is 84.0 cm³/mol. The first kappa shape index (κ1) is 15.8. The van der Waals surface area contributed by atoms with Crippen molar-refractivity contribution in [2.24, 2.45) is 17.8 Å². The van der Waals surface area contributed by atoms with Crippen molar-refractivity contribution in [1.82, 2.24) is 0 Å². The number of benzene rings is 1. The molecule has 0 aromatic heterocycles. The maximum absolute atomic E-state index is 14.7. The number of halogens is 2. The van der Waals surface area contributed by atoms with Crippen LogP contribution < -0.4 is 0 Å². The van der Waals surface area contributed by atoms with Crippen LogP contribution in [-0.4, -0.2) is 5.11 Å². The van der Waals surface area contributed by atoms with Gasteiger partial charge >= 0.3 is 0 Å². The fraction of sp³-hybridized carbons (Fsp3) is 0.684. The van der Waals surface area contributed by atoms with Gasteiger partial charge in [0, 0.05) is 11.5 Å². The number of rotatable bonds is 3. The molecule has 0 bridgehead atoms. The zero-order chi connectivity index (χ0) is 15.6. The smallest absolute Gasteiger partial charge is 0.276 e. The van der Waals surface area contributed by atoms with Gasteiger partial charge in [0.25, 0.3) is 5.92 Å². The Kier molecular flexibility index (Phi) is 4.70. The molecular weight excluding hydrogens is 282 g/mol. The molecule has 3 heteroatoms. The Morgan fingerprint density at radius 3 is 1.91 bits per heavy atom. The van der Waals surface area contributed by atoms with Gasteiger partial charge in [-0.2, -0.15) is 0 Å². The van der Waals surface area contributed by atoms with E-state index in [2.05, 4.69) is 0 Å². The second kappa shape index (κ2) is 6.55. The van der Waals surface area contributed by atoms with Gasteiger partial charge in [-0.25, -0.2) is 8.78 Å². The monoisotopic (exact) mass is 308 g/mol. The van der Waals surface area contributed by atoms with E-state index in [1.807, 2.05) is 0 Å². The van der Waals surface area contributed by atoms with Crippen molar-refractivity contribution in [3.05, 3.63) is 29.8 Å². The number of hydrogen-bond acceptors (Lipinski definition) is 1. The van der Waals surface area contributed by atoms with E-state index < -0.39 is 11.8 Å². The average molecular weight is 308 g/mol. The number of phenols is 1. The van der Waals surface area contributed by atoms with Gasteiger partial charge in [-0.3, -0.25) is 0 Å². The van der Waals surface area contributed by atoms with E-state index in [0.717, 1.165) is 18.8 Å². The van der Waals surface area contributed by atoms with Crippen LogP contribution in [0.1, 0.15) is 63.4 Å². The summed E-state index contributed by atoms with van der Waals surface area (Å²) >= 11 is 0. The molecule has 2 saturated carbocycles. The molecule has 1 nitrogen and oxygen atoms in total. The third-order valence-corrected chi connectivity index (χ3v) is 5.85. The number of hydrogen-bond donors (Lipinski definition) is 1. The van der Waals surface area contributed by atoms with Crippen LogP contribution in [0.4, 0.5) is 8.78 Å². The van der Waals surface area contributed by atoms with Crippen molar-refractivity contribution in [3.63, 3.8) is 0 Å². The van der Waals surface area contributed by atoms with Crippen molar-refractivity contribution in [3.8, 4) is 5.75 Å². The molecule has 1 N–H and O–H groups in total. The Bertz CT molecular complexity index is 469. The van der Waals surface area contributed by atoms with Crippen LogP contribution in [-0.2, 0) is 5.92 Å². The van der Waals surface area contributed by atoms with Gasteiger partial charge in [0.2, 0.25) is 0 Å². The van der Waals surface area contributed by atoms with Gasteiger partial charge in [0.15, 0.2) is 0 Å². The highest BCUT2D eigenvalue weighted by atomic mass is 19.3. The lowest BCUT2D eigenvalue weighted by atomic mass is 9.69. The molecule has 0 spiro atoms. The summed E-state index contributed by atoms with van der Waals surface area (Å²) in [5.41, 5.74) is 0.0476. The van der Waals surface area contributed by atoms with E-state index >= 15 is 0 Å². The summed E-state index contributed by atoms with van der Waals surface area (Å²) in [6.45, 7) is 0. The van der Waals surface area contributed by atoms with Crippen LogP contribution in [0.25, 0.3) is 0 Å². The highest BCUT2D eigenvalue weighted by Crippen LogP contribution is 2.48. The molecule has 0 aliphatic heterocycles. The van der Waals surface area contributed by atoms with Crippen LogP contribution in [0, 0.1) is 17.8 Å². The third kappa shape index (κ3) is 3.28. The summed E-state index contributed by atoms with van der Waals surface area (Å²) in [7, 11) is 0. The molecular formula is C19H26F2O. The molecule has 1 aromatic rings. The molecule has 2 aliphatic carbocycles. The Hall–Kier alpha value is -1.12. The van der Waals surface area contributed by atoms with Crippen LogP contribution in [0.15, 0.2) is 24.3 Å². The average Bonchev–Trinajstić information content (AvgIpc) is 2.56. The normalized spacial score (nSPS) is 27.7. The van der Waals surface area contributed by atoms with E-state index in [1.165, 1.54) is 56.4 Å². The fourth-order valence-electron chi connectivity index (χ4n) is 4.48. The Balaban J connectivity index is 1.61. The molecule has 122 valence electrons. The minimum atomic E-state index is -2.77. The van der Waals surface area contributed by atoms with E-state index in [0.29, 0.717) is 18.8 Å². The SMILES string of the molecule is Oc1ccc(C(F)(F)C2CCC(C3CCCCC3)CC2)cc1. The van der Waals surface area contributed by atoms with E-state index in [4.69, 9.17) is 0 Å². The van der Waals surface area contributed by atoms with Crippen molar-refractivity contribution in [2.75, 3.05) is 0 Å². The van der Waals surface area contributed by atoms with Crippen LogP contribution in [0.5, 0.6) is 5.75 Å². The molecule has 0 saturated heterocycles. The van der Waals surface area contributed by atoms with Crippen LogP contribution in [0.3, 0.4) is 0 Å². The summed E-state index contributed by atoms with van der Waals surface area (Å²) in [5.74, 6) is -1.81.